The average molecular weight is 276 g/mol. The van der Waals surface area contributed by atoms with Crippen LogP contribution in [0.2, 0.25) is 5.02 Å². The van der Waals surface area contributed by atoms with Crippen LogP contribution >= 0.6 is 11.6 Å². The maximum atomic E-state index is 11.8. The molecule has 1 rings (SSSR count). The van der Waals surface area contributed by atoms with Gasteiger partial charge in [0.2, 0.25) is 0 Å². The van der Waals surface area contributed by atoms with E-state index in [0.717, 1.165) is 5.56 Å². The van der Waals surface area contributed by atoms with Crippen molar-refractivity contribution in [3.63, 3.8) is 0 Å². The highest BCUT2D eigenvalue weighted by molar-refractivity contribution is 7.84. The van der Waals surface area contributed by atoms with E-state index in [-0.39, 0.29) is 17.6 Å². The molecule has 1 aromatic heterocycles. The molecule has 17 heavy (non-hydrogen) atoms. The highest BCUT2D eigenvalue weighted by atomic mass is 35.5. The molecule has 1 heterocycles. The highest BCUT2D eigenvalue weighted by Crippen LogP contribution is 2.16. The van der Waals surface area contributed by atoms with Crippen LogP contribution in [0, 0.1) is 5.92 Å². The molecule has 94 valence electrons. The second-order valence-corrected chi connectivity index (χ2v) is 5.55. The summed E-state index contributed by atoms with van der Waals surface area (Å²) < 4.78 is 16.4. The van der Waals surface area contributed by atoms with Gasteiger partial charge in [-0.1, -0.05) is 18.5 Å². The third-order valence-electron chi connectivity index (χ3n) is 2.21. The number of halogens is 1. The zero-order valence-electron chi connectivity index (χ0n) is 9.68. The molecule has 0 radical (unpaired) electrons. The zero-order chi connectivity index (χ0) is 12.8. The Labute approximate surface area is 108 Å². The van der Waals surface area contributed by atoms with E-state index in [9.17, 15) is 9.00 Å². The summed E-state index contributed by atoms with van der Waals surface area (Å²) in [6.45, 7) is 1.69. The van der Waals surface area contributed by atoms with Gasteiger partial charge < -0.3 is 4.74 Å². The predicted molar refractivity (Wildman–Crippen MR) is 67.1 cm³/mol. The number of rotatable bonds is 5. The van der Waals surface area contributed by atoms with Gasteiger partial charge in [0, 0.05) is 28.9 Å². The first-order valence-electron chi connectivity index (χ1n) is 5.05. The van der Waals surface area contributed by atoms with E-state index in [4.69, 9.17) is 11.6 Å². The molecule has 0 spiro atoms. The van der Waals surface area contributed by atoms with E-state index in [0.29, 0.717) is 10.8 Å². The lowest BCUT2D eigenvalue weighted by molar-refractivity contribution is -0.144. The van der Waals surface area contributed by atoms with Gasteiger partial charge in [-0.3, -0.25) is 14.0 Å². The maximum Gasteiger partial charge on any atom is 0.309 e. The largest absolute Gasteiger partial charge is 0.469 e. The molecule has 0 aliphatic rings. The van der Waals surface area contributed by atoms with Crippen molar-refractivity contribution in [1.82, 2.24) is 4.98 Å². The third-order valence-corrected chi connectivity index (χ3v) is 4.06. The van der Waals surface area contributed by atoms with Crippen LogP contribution in [-0.4, -0.2) is 28.0 Å². The van der Waals surface area contributed by atoms with E-state index in [1.807, 2.05) is 0 Å². The van der Waals surface area contributed by atoms with E-state index in [2.05, 4.69) is 9.72 Å². The van der Waals surface area contributed by atoms with Gasteiger partial charge in [-0.15, -0.1) is 0 Å². The Bertz CT molecular complexity index is 425. The number of esters is 1. The second-order valence-electron chi connectivity index (χ2n) is 3.64. The molecule has 2 unspecified atom stereocenters. The molecule has 0 saturated carbocycles. The zero-order valence-corrected chi connectivity index (χ0v) is 11.3. The minimum absolute atomic E-state index is 0.269. The number of aromatic nitrogens is 1. The molecular formula is C11H14ClNO3S. The standard InChI is InChI=1S/C11H14ClNO3S/c1-8(11(14)16-2)6-17(15)7-9-3-4-13-5-10(9)12/h3-5,8H,6-7H2,1-2H3. The molecule has 2 atom stereocenters. The molecule has 0 aliphatic heterocycles. The Morgan fingerprint density at radius 2 is 2.35 bits per heavy atom. The lowest BCUT2D eigenvalue weighted by atomic mass is 10.2. The number of ether oxygens (including phenoxy) is 1. The average Bonchev–Trinajstić information content (AvgIpc) is 2.31. The number of carbonyl (C=O) groups excluding carboxylic acids is 1. The second kappa shape index (κ2) is 6.71. The fourth-order valence-electron chi connectivity index (χ4n) is 1.30. The van der Waals surface area contributed by atoms with Crippen molar-refractivity contribution in [2.45, 2.75) is 12.7 Å². The fourth-order valence-corrected chi connectivity index (χ4v) is 2.98. The summed E-state index contributed by atoms with van der Waals surface area (Å²) in [4.78, 5) is 15.0. The molecule has 0 aliphatic carbocycles. The van der Waals surface area contributed by atoms with Gasteiger partial charge >= 0.3 is 5.97 Å². The van der Waals surface area contributed by atoms with Crippen LogP contribution in [0.1, 0.15) is 12.5 Å². The Kier molecular flexibility index (Phi) is 5.58. The van der Waals surface area contributed by atoms with Gasteiger partial charge in [-0.2, -0.15) is 0 Å². The smallest absolute Gasteiger partial charge is 0.309 e. The van der Waals surface area contributed by atoms with Crippen LogP contribution in [-0.2, 0) is 26.1 Å². The Morgan fingerprint density at radius 3 is 2.94 bits per heavy atom. The van der Waals surface area contributed by atoms with E-state index in [1.165, 1.54) is 13.3 Å². The van der Waals surface area contributed by atoms with Crippen LogP contribution in [0.5, 0.6) is 0 Å². The van der Waals surface area contributed by atoms with Crippen molar-refractivity contribution < 1.29 is 13.7 Å². The SMILES string of the molecule is COC(=O)C(C)CS(=O)Cc1ccncc1Cl. The Hall–Kier alpha value is -0.940. The molecule has 0 bridgehead atoms. The molecule has 0 fully saturated rings. The van der Waals surface area contributed by atoms with Crippen molar-refractivity contribution in [2.75, 3.05) is 12.9 Å². The molecule has 0 saturated heterocycles. The van der Waals surface area contributed by atoms with Gasteiger partial charge in [0.05, 0.1) is 23.8 Å². The van der Waals surface area contributed by atoms with Crippen LogP contribution in [0.3, 0.4) is 0 Å². The van der Waals surface area contributed by atoms with Crippen LogP contribution in [0.15, 0.2) is 18.5 Å². The molecule has 0 amide bonds. The number of hydrogen-bond acceptors (Lipinski definition) is 4. The first-order valence-corrected chi connectivity index (χ1v) is 6.92. The summed E-state index contributed by atoms with van der Waals surface area (Å²) in [7, 11) is 0.174. The van der Waals surface area contributed by atoms with Crippen LogP contribution in [0.4, 0.5) is 0 Å². The monoisotopic (exact) mass is 275 g/mol. The van der Waals surface area contributed by atoms with Gasteiger partial charge in [-0.25, -0.2) is 0 Å². The van der Waals surface area contributed by atoms with Crippen molar-refractivity contribution in [2.24, 2.45) is 5.92 Å². The minimum atomic E-state index is -1.15. The summed E-state index contributed by atoms with van der Waals surface area (Å²) in [5.41, 5.74) is 0.775. The lowest BCUT2D eigenvalue weighted by Crippen LogP contribution is -2.20. The summed E-state index contributed by atoms with van der Waals surface area (Å²) >= 11 is 5.91. The van der Waals surface area contributed by atoms with Crippen molar-refractivity contribution >= 4 is 28.4 Å². The number of hydrogen-bond donors (Lipinski definition) is 0. The molecular weight excluding hydrogens is 262 g/mol. The summed E-state index contributed by atoms with van der Waals surface area (Å²) in [6, 6.07) is 1.73. The molecule has 1 aromatic rings. The van der Waals surface area contributed by atoms with E-state index < -0.39 is 10.8 Å². The summed E-state index contributed by atoms with van der Waals surface area (Å²) in [5, 5.41) is 0.492. The Balaban J connectivity index is 2.56. The van der Waals surface area contributed by atoms with Crippen molar-refractivity contribution in [3.05, 3.63) is 29.0 Å². The third kappa shape index (κ3) is 4.44. The normalized spacial score (nSPS) is 14.1. The first kappa shape index (κ1) is 14.1. The van der Waals surface area contributed by atoms with Crippen LogP contribution in [0.25, 0.3) is 0 Å². The fraction of sp³-hybridized carbons (Fsp3) is 0.455. The molecule has 0 aromatic carbocycles. The van der Waals surface area contributed by atoms with Crippen molar-refractivity contribution in [1.29, 1.82) is 0 Å². The summed E-state index contributed by atoms with van der Waals surface area (Å²) in [6.07, 6.45) is 3.11. The number of nitrogens with zero attached hydrogens (tertiary/aromatic N) is 1. The molecule has 6 heteroatoms. The quantitative estimate of drug-likeness (QED) is 0.769. The topological polar surface area (TPSA) is 56.3 Å². The summed E-state index contributed by atoms with van der Waals surface area (Å²) in [5.74, 6) is -0.130. The number of pyridine rings is 1. The van der Waals surface area contributed by atoms with E-state index in [1.54, 1.807) is 19.2 Å². The molecule has 4 nitrogen and oxygen atoms in total. The predicted octanol–water partition coefficient (Wildman–Crippen LogP) is 1.79. The van der Waals surface area contributed by atoms with E-state index >= 15 is 0 Å². The molecule has 0 N–H and O–H groups in total. The first-order chi connectivity index (χ1) is 8.04. The van der Waals surface area contributed by atoms with Crippen molar-refractivity contribution in [3.8, 4) is 0 Å². The van der Waals surface area contributed by atoms with Gasteiger partial charge in [-0.05, 0) is 11.6 Å². The van der Waals surface area contributed by atoms with Gasteiger partial charge in [0.1, 0.15) is 0 Å². The van der Waals surface area contributed by atoms with Gasteiger partial charge in [0.15, 0.2) is 0 Å². The lowest BCUT2D eigenvalue weighted by Gasteiger charge is -2.09. The Morgan fingerprint density at radius 1 is 1.65 bits per heavy atom. The number of methoxy groups -OCH3 is 1. The van der Waals surface area contributed by atoms with Crippen LogP contribution < -0.4 is 0 Å². The maximum absolute atomic E-state index is 11.8. The van der Waals surface area contributed by atoms with Gasteiger partial charge in [0.25, 0.3) is 0 Å². The number of carbonyl (C=O) groups is 1. The minimum Gasteiger partial charge on any atom is -0.469 e. The highest BCUT2D eigenvalue weighted by Gasteiger charge is 2.17.